The molecule has 1 N–H and O–H groups in total. The summed E-state index contributed by atoms with van der Waals surface area (Å²) in [5, 5.41) is 4.60. The third-order valence-corrected chi connectivity index (χ3v) is 6.88. The average Bonchev–Trinajstić information content (AvgIpc) is 2.88. The molecule has 1 heterocycles. The normalized spacial score (nSPS) is 15.5. The third-order valence-electron chi connectivity index (χ3n) is 5.94. The molecule has 5 heteroatoms. The molecule has 0 bridgehead atoms. The predicted molar refractivity (Wildman–Crippen MR) is 159 cm³/mol. The van der Waals surface area contributed by atoms with Gasteiger partial charge in [-0.15, -0.1) is 0 Å². The minimum atomic E-state index is 0.986. The summed E-state index contributed by atoms with van der Waals surface area (Å²) in [6.45, 7) is 21.7. The van der Waals surface area contributed by atoms with Crippen molar-refractivity contribution in [1.29, 1.82) is 0 Å². The first-order valence-corrected chi connectivity index (χ1v) is 14.7. The second-order valence-electron chi connectivity index (χ2n) is 8.77. The molecule has 0 aromatic heterocycles. The summed E-state index contributed by atoms with van der Waals surface area (Å²) in [5.74, 6) is 2.43. The number of allylic oxidation sites excluding steroid dienone is 4. The highest BCUT2D eigenvalue weighted by atomic mass is 32.2. The van der Waals surface area contributed by atoms with Gasteiger partial charge >= 0.3 is 0 Å². The van der Waals surface area contributed by atoms with Crippen LogP contribution in [-0.4, -0.2) is 53.7 Å². The SMILES string of the molecule is CC.CCCN(CCC)C(/C=C(\C)N1CCSCC1)=C/C(N/N=C/c1cccc(C)c1)=C(C)CC. The van der Waals surface area contributed by atoms with Gasteiger partial charge < -0.3 is 9.80 Å². The maximum absolute atomic E-state index is 4.60. The number of rotatable bonds is 12. The van der Waals surface area contributed by atoms with Gasteiger partial charge in [-0.3, -0.25) is 5.43 Å². The van der Waals surface area contributed by atoms with Gasteiger partial charge in [0.1, 0.15) is 0 Å². The number of nitrogens with one attached hydrogen (secondary N) is 1. The summed E-state index contributed by atoms with van der Waals surface area (Å²) in [6.07, 6.45) is 9.85. The van der Waals surface area contributed by atoms with Crippen LogP contribution in [0, 0.1) is 6.92 Å². The molecule has 1 aliphatic rings. The van der Waals surface area contributed by atoms with Gasteiger partial charge in [-0.05, 0) is 63.3 Å². The van der Waals surface area contributed by atoms with Crippen molar-refractivity contribution in [3.05, 3.63) is 70.2 Å². The lowest BCUT2D eigenvalue weighted by Crippen LogP contribution is -2.32. The van der Waals surface area contributed by atoms with E-state index >= 15 is 0 Å². The van der Waals surface area contributed by atoms with Crippen LogP contribution in [0.4, 0.5) is 0 Å². The van der Waals surface area contributed by atoms with Crippen molar-refractivity contribution in [1.82, 2.24) is 15.2 Å². The quantitative estimate of drug-likeness (QED) is 0.183. The van der Waals surface area contributed by atoms with Crippen molar-refractivity contribution in [2.45, 2.75) is 74.7 Å². The van der Waals surface area contributed by atoms with Crippen LogP contribution in [0.3, 0.4) is 0 Å². The van der Waals surface area contributed by atoms with E-state index in [0.29, 0.717) is 0 Å². The van der Waals surface area contributed by atoms with Crippen molar-refractivity contribution >= 4 is 18.0 Å². The van der Waals surface area contributed by atoms with Gasteiger partial charge in [0.05, 0.1) is 11.9 Å². The minimum Gasteiger partial charge on any atom is -0.373 e. The molecule has 0 atom stereocenters. The fraction of sp³-hybridized carbons (Fsp3) is 0.567. The van der Waals surface area contributed by atoms with Crippen molar-refractivity contribution in [2.75, 3.05) is 37.7 Å². The van der Waals surface area contributed by atoms with Gasteiger partial charge in [-0.2, -0.15) is 16.9 Å². The summed E-state index contributed by atoms with van der Waals surface area (Å²) >= 11 is 2.06. The van der Waals surface area contributed by atoms with Crippen molar-refractivity contribution in [3.8, 4) is 0 Å². The Balaban J connectivity index is 0.00000298. The molecule has 1 aliphatic heterocycles. The summed E-state index contributed by atoms with van der Waals surface area (Å²) in [7, 11) is 0. The van der Waals surface area contributed by atoms with Crippen LogP contribution in [0.5, 0.6) is 0 Å². The first kappa shape index (κ1) is 30.9. The van der Waals surface area contributed by atoms with Gasteiger partial charge in [-0.25, -0.2) is 0 Å². The Morgan fingerprint density at radius 3 is 2.29 bits per heavy atom. The molecule has 0 aliphatic carbocycles. The summed E-state index contributed by atoms with van der Waals surface area (Å²) in [5.41, 5.74) is 10.7. The molecule has 0 spiro atoms. The number of hydrogen-bond donors (Lipinski definition) is 1. The molecule has 1 aromatic carbocycles. The van der Waals surface area contributed by atoms with Crippen LogP contribution in [0.25, 0.3) is 0 Å². The Morgan fingerprint density at radius 2 is 1.71 bits per heavy atom. The molecule has 0 unspecified atom stereocenters. The fourth-order valence-electron chi connectivity index (χ4n) is 3.87. The molecule has 0 amide bonds. The molecule has 35 heavy (non-hydrogen) atoms. The van der Waals surface area contributed by atoms with E-state index in [1.54, 1.807) is 0 Å². The van der Waals surface area contributed by atoms with E-state index in [1.807, 2.05) is 20.1 Å². The minimum absolute atomic E-state index is 0.986. The number of thioether (sulfide) groups is 1. The Labute approximate surface area is 220 Å². The average molecular weight is 499 g/mol. The lowest BCUT2D eigenvalue weighted by Gasteiger charge is -2.31. The maximum Gasteiger partial charge on any atom is 0.0571 e. The number of aryl methyl sites for hydroxylation is 1. The molecule has 0 radical (unpaired) electrons. The van der Waals surface area contributed by atoms with Crippen molar-refractivity contribution in [2.24, 2.45) is 5.10 Å². The van der Waals surface area contributed by atoms with Crippen LogP contribution in [0.2, 0.25) is 0 Å². The van der Waals surface area contributed by atoms with E-state index in [1.165, 1.54) is 34.0 Å². The number of nitrogens with zero attached hydrogens (tertiary/aromatic N) is 3. The van der Waals surface area contributed by atoms with Crippen LogP contribution in [-0.2, 0) is 0 Å². The number of benzene rings is 1. The van der Waals surface area contributed by atoms with Gasteiger partial charge in [0.25, 0.3) is 0 Å². The molecule has 196 valence electrons. The Bertz CT molecular complexity index is 842. The van der Waals surface area contributed by atoms with Crippen LogP contribution in [0.15, 0.2) is 64.2 Å². The van der Waals surface area contributed by atoms with E-state index < -0.39 is 0 Å². The van der Waals surface area contributed by atoms with E-state index in [9.17, 15) is 0 Å². The smallest absolute Gasteiger partial charge is 0.0571 e. The highest BCUT2D eigenvalue weighted by Crippen LogP contribution is 2.20. The summed E-state index contributed by atoms with van der Waals surface area (Å²) < 4.78 is 0. The van der Waals surface area contributed by atoms with Crippen LogP contribution < -0.4 is 5.43 Å². The molecule has 4 nitrogen and oxygen atoms in total. The second kappa shape index (κ2) is 18.2. The Kier molecular flexibility index (Phi) is 16.0. The molecular formula is C30H50N4S. The van der Waals surface area contributed by atoms with Crippen molar-refractivity contribution < 1.29 is 0 Å². The van der Waals surface area contributed by atoms with Crippen LogP contribution >= 0.6 is 11.8 Å². The van der Waals surface area contributed by atoms with Gasteiger partial charge in [0.2, 0.25) is 0 Å². The van der Waals surface area contributed by atoms with E-state index in [0.717, 1.165) is 56.7 Å². The zero-order valence-electron chi connectivity index (χ0n) is 23.7. The summed E-state index contributed by atoms with van der Waals surface area (Å²) in [4.78, 5) is 5.05. The monoisotopic (exact) mass is 498 g/mol. The lowest BCUT2D eigenvalue weighted by molar-refractivity contribution is 0.346. The molecule has 2 rings (SSSR count). The highest BCUT2D eigenvalue weighted by Gasteiger charge is 2.14. The predicted octanol–water partition coefficient (Wildman–Crippen LogP) is 7.59. The molecule has 1 fully saturated rings. The van der Waals surface area contributed by atoms with Gasteiger partial charge in [0, 0.05) is 49.1 Å². The highest BCUT2D eigenvalue weighted by molar-refractivity contribution is 7.99. The molecule has 0 saturated carbocycles. The maximum atomic E-state index is 4.60. The van der Waals surface area contributed by atoms with Gasteiger partial charge in [-0.1, -0.05) is 64.4 Å². The van der Waals surface area contributed by atoms with Crippen molar-refractivity contribution in [3.63, 3.8) is 0 Å². The topological polar surface area (TPSA) is 30.9 Å². The number of hydrazone groups is 1. The van der Waals surface area contributed by atoms with Crippen LogP contribution in [0.1, 0.15) is 78.9 Å². The third kappa shape index (κ3) is 11.4. The first-order valence-electron chi connectivity index (χ1n) is 13.5. The second-order valence-corrected chi connectivity index (χ2v) is 10.00. The van der Waals surface area contributed by atoms with E-state index in [-0.39, 0.29) is 0 Å². The fourth-order valence-corrected chi connectivity index (χ4v) is 4.77. The summed E-state index contributed by atoms with van der Waals surface area (Å²) in [6, 6.07) is 8.42. The van der Waals surface area contributed by atoms with E-state index in [2.05, 4.69) is 110 Å². The zero-order chi connectivity index (χ0) is 26.1. The Hall–Kier alpha value is -2.14. The largest absolute Gasteiger partial charge is 0.373 e. The molecular weight excluding hydrogens is 448 g/mol. The van der Waals surface area contributed by atoms with Gasteiger partial charge in [0.15, 0.2) is 0 Å². The Morgan fingerprint density at radius 1 is 1.06 bits per heavy atom. The van der Waals surface area contributed by atoms with E-state index in [4.69, 9.17) is 0 Å². The lowest BCUT2D eigenvalue weighted by atomic mass is 10.1. The zero-order valence-corrected chi connectivity index (χ0v) is 24.5. The first-order chi connectivity index (χ1) is 17.0. The number of hydrogen-bond acceptors (Lipinski definition) is 5. The molecule has 1 saturated heterocycles. The molecule has 1 aromatic rings. The standard InChI is InChI=1S/C28H44N4S.C2H6/c1-7-13-32(14-8-2)27(20-25(6)31-15-17-33-18-16-31)21-28(24(5)9-3)30-29-22-26-12-10-11-23(4)19-26;1-2/h10-12,19-22,30H,7-9,13-18H2,1-6H3;1-2H3/b25-20+,27-21+,28-24?,29-22+;.